The monoisotopic (exact) mass is 327 g/mol. The van der Waals surface area contributed by atoms with Crippen molar-refractivity contribution < 1.29 is 9.59 Å². The first-order chi connectivity index (χ1) is 11.7. The van der Waals surface area contributed by atoms with Gasteiger partial charge >= 0.3 is 0 Å². The summed E-state index contributed by atoms with van der Waals surface area (Å²) >= 11 is 0. The molecule has 2 amide bonds. The summed E-state index contributed by atoms with van der Waals surface area (Å²) in [6.45, 7) is 0. The maximum atomic E-state index is 12.9. The Hall–Kier alpha value is -2.17. The second-order valence-corrected chi connectivity index (χ2v) is 6.65. The normalized spacial score (nSPS) is 19.6. The van der Waals surface area contributed by atoms with Gasteiger partial charge in [-0.1, -0.05) is 43.9 Å². The Morgan fingerprint density at radius 1 is 1.08 bits per heavy atom. The van der Waals surface area contributed by atoms with Gasteiger partial charge < -0.3 is 4.90 Å². The fourth-order valence-corrected chi connectivity index (χ4v) is 3.49. The van der Waals surface area contributed by atoms with Crippen molar-refractivity contribution in [3.63, 3.8) is 0 Å². The zero-order chi connectivity index (χ0) is 16.9. The van der Waals surface area contributed by atoms with Crippen LogP contribution in [0.2, 0.25) is 0 Å². The highest BCUT2D eigenvalue weighted by molar-refractivity contribution is 6.40. The maximum absolute atomic E-state index is 12.9. The highest BCUT2D eigenvalue weighted by Gasteiger charge is 2.29. The molecule has 0 atom stereocenters. The van der Waals surface area contributed by atoms with Crippen LogP contribution in [-0.4, -0.2) is 35.5 Å². The number of hydrogen-bond donors (Lipinski definition) is 0. The Kier molecular flexibility index (Phi) is 5.28. The molecule has 0 unspecified atom stereocenters. The lowest BCUT2D eigenvalue weighted by Crippen LogP contribution is -2.44. The molecule has 5 nitrogen and oxygen atoms in total. The third-order valence-corrected chi connectivity index (χ3v) is 4.97. The molecule has 0 N–H and O–H groups in total. The van der Waals surface area contributed by atoms with E-state index < -0.39 is 0 Å². The second-order valence-electron chi connectivity index (χ2n) is 6.65. The molecular formula is C19H25N3O2. The summed E-state index contributed by atoms with van der Waals surface area (Å²) in [4.78, 5) is 26.9. The van der Waals surface area contributed by atoms with E-state index in [9.17, 15) is 9.59 Å². The number of amides is 2. The van der Waals surface area contributed by atoms with Crippen LogP contribution in [0, 0.1) is 0 Å². The summed E-state index contributed by atoms with van der Waals surface area (Å²) in [5.74, 6) is -0.0924. The number of rotatable bonds is 3. The molecule has 3 rings (SSSR count). The molecule has 1 fully saturated rings. The Balaban J connectivity index is 1.77. The van der Waals surface area contributed by atoms with E-state index in [1.165, 1.54) is 30.7 Å². The van der Waals surface area contributed by atoms with Crippen LogP contribution in [-0.2, 0) is 9.59 Å². The Bertz CT molecular complexity index is 619. The third kappa shape index (κ3) is 3.66. The molecule has 1 aromatic rings. The summed E-state index contributed by atoms with van der Waals surface area (Å²) in [7, 11) is 1.88. The molecule has 1 aliphatic heterocycles. The van der Waals surface area contributed by atoms with Gasteiger partial charge in [0.25, 0.3) is 5.91 Å². The van der Waals surface area contributed by atoms with E-state index in [1.54, 1.807) is 0 Å². The summed E-state index contributed by atoms with van der Waals surface area (Å²) < 4.78 is 0. The Labute approximate surface area is 143 Å². The van der Waals surface area contributed by atoms with Crippen LogP contribution >= 0.6 is 0 Å². The van der Waals surface area contributed by atoms with Gasteiger partial charge in [0, 0.05) is 25.9 Å². The SMILES string of the molecule is CN(C(=O)C1=NN(c2ccccc2)C(=O)CC1)C1CCCCCC1. The summed E-state index contributed by atoms with van der Waals surface area (Å²) in [5, 5.41) is 5.75. The molecule has 1 saturated carbocycles. The number of hydrogen-bond acceptors (Lipinski definition) is 3. The minimum absolute atomic E-state index is 0.0321. The van der Waals surface area contributed by atoms with Gasteiger partial charge in [-0.25, -0.2) is 5.01 Å². The van der Waals surface area contributed by atoms with Gasteiger partial charge in [0.1, 0.15) is 5.71 Å². The highest BCUT2D eigenvalue weighted by Crippen LogP contribution is 2.23. The van der Waals surface area contributed by atoms with Crippen LogP contribution in [0.3, 0.4) is 0 Å². The molecule has 1 heterocycles. The van der Waals surface area contributed by atoms with Gasteiger partial charge in [0.2, 0.25) is 5.91 Å². The number of carbonyl (C=O) groups excluding carboxylic acids is 2. The summed E-state index contributed by atoms with van der Waals surface area (Å²) in [5.41, 5.74) is 1.20. The fraction of sp³-hybridized carbons (Fsp3) is 0.526. The van der Waals surface area contributed by atoms with Crippen molar-refractivity contribution in [2.45, 2.75) is 57.4 Å². The molecule has 5 heteroatoms. The van der Waals surface area contributed by atoms with Crippen molar-refractivity contribution >= 4 is 23.2 Å². The predicted molar refractivity (Wildman–Crippen MR) is 94.9 cm³/mol. The molecule has 0 spiro atoms. The molecule has 24 heavy (non-hydrogen) atoms. The molecule has 1 aromatic carbocycles. The first-order valence-electron chi connectivity index (χ1n) is 8.89. The van der Waals surface area contributed by atoms with Crippen LogP contribution in [0.15, 0.2) is 35.4 Å². The smallest absolute Gasteiger partial charge is 0.270 e. The molecular weight excluding hydrogens is 302 g/mol. The van der Waals surface area contributed by atoms with Gasteiger partial charge in [-0.15, -0.1) is 0 Å². The van der Waals surface area contributed by atoms with Crippen LogP contribution in [0.5, 0.6) is 0 Å². The average molecular weight is 327 g/mol. The number of anilines is 1. The Morgan fingerprint density at radius 3 is 2.42 bits per heavy atom. The van der Waals surface area contributed by atoms with Gasteiger partial charge in [0.15, 0.2) is 0 Å². The second kappa shape index (κ2) is 7.60. The fourth-order valence-electron chi connectivity index (χ4n) is 3.49. The van der Waals surface area contributed by atoms with Crippen LogP contribution < -0.4 is 5.01 Å². The van der Waals surface area contributed by atoms with Crippen molar-refractivity contribution in [1.82, 2.24) is 4.90 Å². The van der Waals surface area contributed by atoms with Gasteiger partial charge in [-0.2, -0.15) is 5.10 Å². The van der Waals surface area contributed by atoms with Gasteiger partial charge in [0.05, 0.1) is 5.69 Å². The lowest BCUT2D eigenvalue weighted by Gasteiger charge is -2.30. The van der Waals surface area contributed by atoms with E-state index in [0.29, 0.717) is 30.3 Å². The zero-order valence-electron chi connectivity index (χ0n) is 14.3. The molecule has 0 radical (unpaired) electrons. The molecule has 0 bridgehead atoms. The molecule has 0 saturated heterocycles. The zero-order valence-corrected chi connectivity index (χ0v) is 14.3. The molecule has 1 aliphatic carbocycles. The topological polar surface area (TPSA) is 53.0 Å². The number of nitrogens with zero attached hydrogens (tertiary/aromatic N) is 3. The molecule has 128 valence electrons. The van der Waals surface area contributed by atoms with Crippen LogP contribution in [0.4, 0.5) is 5.69 Å². The predicted octanol–water partition coefficient (Wildman–Crippen LogP) is 3.35. The standard InChI is InChI=1S/C19H25N3O2/c1-21(15-9-5-2-3-6-10-15)19(24)17-13-14-18(23)22(20-17)16-11-7-4-8-12-16/h4,7-8,11-12,15H,2-3,5-6,9-10,13-14H2,1H3. The van der Waals surface area contributed by atoms with Crippen LogP contribution in [0.1, 0.15) is 51.4 Å². The number of hydrazone groups is 1. The highest BCUT2D eigenvalue weighted by atomic mass is 16.2. The average Bonchev–Trinajstić information content (AvgIpc) is 2.91. The van der Waals surface area contributed by atoms with Crippen molar-refractivity contribution in [3.05, 3.63) is 30.3 Å². The van der Waals surface area contributed by atoms with E-state index in [-0.39, 0.29) is 11.8 Å². The third-order valence-electron chi connectivity index (χ3n) is 4.97. The summed E-state index contributed by atoms with van der Waals surface area (Å²) in [6, 6.07) is 9.60. The first-order valence-corrected chi connectivity index (χ1v) is 8.89. The minimum atomic E-state index is -0.0603. The maximum Gasteiger partial charge on any atom is 0.270 e. The van der Waals surface area contributed by atoms with E-state index in [0.717, 1.165) is 12.8 Å². The van der Waals surface area contributed by atoms with Crippen molar-refractivity contribution in [1.29, 1.82) is 0 Å². The van der Waals surface area contributed by atoms with Gasteiger partial charge in [-0.3, -0.25) is 9.59 Å². The number of benzene rings is 1. The van der Waals surface area contributed by atoms with E-state index >= 15 is 0 Å². The lowest BCUT2D eigenvalue weighted by molar-refractivity contribution is -0.125. The quantitative estimate of drug-likeness (QED) is 0.800. The van der Waals surface area contributed by atoms with E-state index in [1.807, 2.05) is 42.3 Å². The minimum Gasteiger partial charge on any atom is -0.338 e. The Morgan fingerprint density at radius 2 is 1.75 bits per heavy atom. The van der Waals surface area contributed by atoms with Crippen LogP contribution in [0.25, 0.3) is 0 Å². The van der Waals surface area contributed by atoms with Crippen molar-refractivity contribution in [2.75, 3.05) is 12.1 Å². The van der Waals surface area contributed by atoms with Crippen molar-refractivity contribution in [3.8, 4) is 0 Å². The van der Waals surface area contributed by atoms with E-state index in [4.69, 9.17) is 0 Å². The van der Waals surface area contributed by atoms with Crippen molar-refractivity contribution in [2.24, 2.45) is 5.10 Å². The largest absolute Gasteiger partial charge is 0.338 e. The summed E-state index contributed by atoms with van der Waals surface area (Å²) in [6.07, 6.45) is 7.78. The molecule has 0 aromatic heterocycles. The number of carbonyl (C=O) groups is 2. The lowest BCUT2D eigenvalue weighted by atomic mass is 10.1. The number of para-hydroxylation sites is 1. The van der Waals surface area contributed by atoms with Gasteiger partial charge in [-0.05, 0) is 25.0 Å². The van der Waals surface area contributed by atoms with E-state index in [2.05, 4.69) is 5.10 Å². The first kappa shape index (κ1) is 16.7. The molecule has 2 aliphatic rings.